The molecule has 0 aliphatic heterocycles. The van der Waals surface area contributed by atoms with Gasteiger partial charge in [-0.3, -0.25) is 0 Å². The molecule has 0 aliphatic rings. The van der Waals surface area contributed by atoms with Crippen LogP contribution in [-0.2, 0) is 25.9 Å². The van der Waals surface area contributed by atoms with Crippen LogP contribution >= 0.6 is 0 Å². The molecule has 0 aromatic heterocycles. The summed E-state index contributed by atoms with van der Waals surface area (Å²) in [7, 11) is 1.51. The first-order chi connectivity index (χ1) is 1.91. The fraction of sp³-hybridized carbons (Fsp3) is 0.500. The number of hydrogen-bond donors (Lipinski definition) is 1. The Kier molecular flexibility index (Phi) is 15.9. The number of carbonyl (C=O) groups excluding carboxylic acids is 1. The van der Waals surface area contributed by atoms with Gasteiger partial charge < -0.3 is 10.1 Å². The van der Waals surface area contributed by atoms with E-state index in [-0.39, 0.29) is 21.1 Å². The first-order valence-electron chi connectivity index (χ1n) is 0.954. The fourth-order valence-electron chi connectivity index (χ4n) is 0. The summed E-state index contributed by atoms with van der Waals surface area (Å²) in [6.45, 7) is 0. The maximum Gasteiger partial charge on any atom is 0 e. The Morgan fingerprint density at radius 1 is 1.80 bits per heavy atom. The van der Waals surface area contributed by atoms with Gasteiger partial charge >= 0.3 is 0 Å². The molecule has 1 amide bonds. The monoisotopic (exact) mass is 242 g/mol. The summed E-state index contributed by atoms with van der Waals surface area (Å²) in [6, 6.07) is 0. The number of hydrogen-bond acceptors (Lipinski definition) is 1. The van der Waals surface area contributed by atoms with Crippen LogP contribution in [-0.4, -0.2) is 13.5 Å². The van der Waals surface area contributed by atoms with Crippen LogP contribution < -0.4 is 5.32 Å². The Hall–Kier alpha value is 0.158. The minimum absolute atomic E-state index is 0. The van der Waals surface area contributed by atoms with Crippen LogP contribution in [0.1, 0.15) is 0 Å². The Labute approximate surface area is 45.2 Å². The summed E-state index contributed by atoms with van der Waals surface area (Å²) < 4.78 is 0. The van der Waals surface area contributed by atoms with Gasteiger partial charge in [-0.05, 0) is 7.05 Å². The molecule has 0 spiro atoms. The molecule has 0 fully saturated rings. The Balaban J connectivity index is 0. The maximum absolute atomic E-state index is 8.94. The van der Waals surface area contributed by atoms with Gasteiger partial charge in [-0.15, -0.1) is 0 Å². The van der Waals surface area contributed by atoms with Gasteiger partial charge in [0.05, 0.1) is 0 Å². The van der Waals surface area contributed by atoms with E-state index in [1.165, 1.54) is 13.5 Å². The Morgan fingerprint density at radius 2 is 2.00 bits per heavy atom. The minimum atomic E-state index is 0. The average Bonchev–Trinajstić information content (AvgIpc) is 1.37. The van der Waals surface area contributed by atoms with E-state index in [1.54, 1.807) is 0 Å². The molecule has 30 valence electrons. The number of rotatable bonds is 1. The smallest absolute Gasteiger partial charge is 0 e. The third-order valence-corrected chi connectivity index (χ3v) is 0.102. The molecule has 5 heavy (non-hydrogen) atoms. The van der Waals surface area contributed by atoms with Crippen LogP contribution in [0.25, 0.3) is 0 Å². The third-order valence-electron chi connectivity index (χ3n) is 0.102. The van der Waals surface area contributed by atoms with E-state index in [4.69, 9.17) is 4.79 Å². The van der Waals surface area contributed by atoms with Gasteiger partial charge in [0.25, 0.3) is 0 Å². The van der Waals surface area contributed by atoms with Crippen molar-refractivity contribution in [2.45, 2.75) is 0 Å². The zero-order valence-electron chi connectivity index (χ0n) is 2.82. The molecule has 0 unspecified atom stereocenters. The van der Waals surface area contributed by atoms with Crippen molar-refractivity contribution in [1.29, 1.82) is 0 Å². The van der Waals surface area contributed by atoms with Gasteiger partial charge in [0.2, 0.25) is 0 Å². The topological polar surface area (TPSA) is 29.1 Å². The van der Waals surface area contributed by atoms with Crippen LogP contribution in [0.5, 0.6) is 0 Å². The zero-order valence-corrected chi connectivity index (χ0v) is 5.75. The van der Waals surface area contributed by atoms with Gasteiger partial charge in [-0.25, -0.2) is 0 Å². The molecular weight excluding hydrogens is 238 g/mol. The van der Waals surface area contributed by atoms with Gasteiger partial charge in [0, 0.05) is 21.1 Å². The van der Waals surface area contributed by atoms with E-state index in [2.05, 4.69) is 5.32 Å². The van der Waals surface area contributed by atoms with Crippen molar-refractivity contribution in [2.75, 3.05) is 7.05 Å². The summed E-state index contributed by atoms with van der Waals surface area (Å²) in [4.78, 5) is 8.94. The van der Waals surface area contributed by atoms with Crippen LogP contribution in [0.4, 0.5) is 0 Å². The summed E-state index contributed by atoms with van der Waals surface area (Å²) in [5.74, 6) is 0. The molecule has 0 aliphatic carbocycles. The van der Waals surface area contributed by atoms with Gasteiger partial charge in [-0.1, -0.05) is 0 Å². The average molecular weight is 242 g/mol. The molecule has 3 heteroatoms. The molecule has 0 saturated carbocycles. The summed E-state index contributed by atoms with van der Waals surface area (Å²) >= 11 is 0. The molecule has 2 nitrogen and oxygen atoms in total. The van der Waals surface area contributed by atoms with Crippen molar-refractivity contribution >= 4 is 6.41 Å². The van der Waals surface area contributed by atoms with Crippen LogP contribution in [0.3, 0.4) is 0 Å². The quantitative estimate of drug-likeness (QED) is 0.476. The molecule has 1 N–H and O–H groups in total. The number of nitrogens with one attached hydrogen (secondary N) is 1. The minimum Gasteiger partial charge on any atom is -0.532 e. The van der Waals surface area contributed by atoms with E-state index in [0.29, 0.717) is 0 Å². The SMILES string of the molecule is CN[C-]=O.[W]. The molecule has 0 bridgehead atoms. The summed E-state index contributed by atoms with van der Waals surface area (Å²) in [5.41, 5.74) is 0. The number of amides is 1. The van der Waals surface area contributed by atoms with Gasteiger partial charge in [0.1, 0.15) is 0 Å². The summed E-state index contributed by atoms with van der Waals surface area (Å²) in [6.07, 6.45) is 1.43. The molecule has 0 heterocycles. The Bertz CT molecular complexity index is 23.6. The molecular formula is C2H4NOW-. The maximum atomic E-state index is 8.94. The second kappa shape index (κ2) is 8.90. The summed E-state index contributed by atoms with van der Waals surface area (Å²) in [5, 5.41) is 2.12. The van der Waals surface area contributed by atoms with Crippen molar-refractivity contribution in [3.05, 3.63) is 0 Å². The van der Waals surface area contributed by atoms with Crippen molar-refractivity contribution in [3.8, 4) is 0 Å². The molecule has 0 atom stereocenters. The van der Waals surface area contributed by atoms with E-state index < -0.39 is 0 Å². The van der Waals surface area contributed by atoms with E-state index >= 15 is 0 Å². The predicted octanol–water partition coefficient (Wildman–Crippen LogP) is -0.730. The Morgan fingerprint density at radius 3 is 2.00 bits per heavy atom. The molecule has 0 rings (SSSR count). The first kappa shape index (κ1) is 8.94. The van der Waals surface area contributed by atoms with E-state index in [1.807, 2.05) is 0 Å². The normalized spacial score (nSPS) is 4.20. The second-order valence-corrected chi connectivity index (χ2v) is 0.352. The van der Waals surface area contributed by atoms with Crippen LogP contribution in [0, 0.1) is 0 Å². The van der Waals surface area contributed by atoms with E-state index in [0.717, 1.165) is 0 Å². The van der Waals surface area contributed by atoms with Crippen LogP contribution in [0.2, 0.25) is 0 Å². The second-order valence-electron chi connectivity index (χ2n) is 0.352. The van der Waals surface area contributed by atoms with Crippen molar-refractivity contribution in [3.63, 3.8) is 0 Å². The fourth-order valence-corrected chi connectivity index (χ4v) is 0. The molecule has 0 saturated heterocycles. The van der Waals surface area contributed by atoms with Crippen molar-refractivity contribution < 1.29 is 25.9 Å². The molecule has 0 radical (unpaired) electrons. The van der Waals surface area contributed by atoms with Crippen LogP contribution in [0.15, 0.2) is 0 Å². The molecule has 0 aromatic carbocycles. The predicted molar refractivity (Wildman–Crippen MR) is 14.8 cm³/mol. The van der Waals surface area contributed by atoms with Gasteiger partial charge in [0.15, 0.2) is 0 Å². The molecule has 0 aromatic rings. The van der Waals surface area contributed by atoms with Crippen molar-refractivity contribution in [2.24, 2.45) is 0 Å². The first-order valence-corrected chi connectivity index (χ1v) is 0.954. The van der Waals surface area contributed by atoms with Crippen molar-refractivity contribution in [1.82, 2.24) is 5.32 Å². The largest absolute Gasteiger partial charge is 0.532 e. The van der Waals surface area contributed by atoms with Gasteiger partial charge in [-0.2, -0.15) is 6.41 Å². The third kappa shape index (κ3) is 14.4. The zero-order chi connectivity index (χ0) is 3.41. The van der Waals surface area contributed by atoms with E-state index in [9.17, 15) is 0 Å². The standard InChI is InChI=1S/C2H4NO.W/c1-3-2-4;/h1H3,(H,3,4);/q-1;.